The molecule has 5 heteroatoms. The number of benzene rings is 1. The van der Waals surface area contributed by atoms with Crippen LogP contribution in [0.25, 0.3) is 10.9 Å². The molecule has 1 heterocycles. The minimum absolute atomic E-state index is 0.298. The summed E-state index contributed by atoms with van der Waals surface area (Å²) in [6.45, 7) is 3.24. The molecule has 86 valence electrons. The van der Waals surface area contributed by atoms with Gasteiger partial charge in [-0.3, -0.25) is 0 Å². The van der Waals surface area contributed by atoms with Gasteiger partial charge in [-0.1, -0.05) is 17.1 Å². The van der Waals surface area contributed by atoms with Crippen molar-refractivity contribution < 1.29 is 5.11 Å². The first kappa shape index (κ1) is 12.2. The van der Waals surface area contributed by atoms with Crippen LogP contribution in [-0.4, -0.2) is 17.9 Å². The molecule has 0 unspecified atom stereocenters. The monoisotopic (exact) mass is 246 g/mol. The number of pyridine rings is 1. The van der Waals surface area contributed by atoms with Gasteiger partial charge in [0.1, 0.15) is 13.4 Å². The largest absolute Gasteiger partial charge is 0.398 e. The molecule has 0 saturated heterocycles. The van der Waals surface area contributed by atoms with Crippen molar-refractivity contribution in [3.8, 4) is 0 Å². The van der Waals surface area contributed by atoms with Gasteiger partial charge in [-0.05, 0) is 37.4 Å². The van der Waals surface area contributed by atoms with Crippen molar-refractivity contribution in [2.24, 2.45) is 0 Å². The molecule has 0 bridgehead atoms. The van der Waals surface area contributed by atoms with Crippen LogP contribution in [0.5, 0.6) is 0 Å². The van der Waals surface area contributed by atoms with Crippen LogP contribution in [0.15, 0.2) is 18.2 Å². The van der Waals surface area contributed by atoms with Crippen LogP contribution in [0.4, 0.5) is 5.69 Å². The summed E-state index contributed by atoms with van der Waals surface area (Å²) < 4.78 is 0. The van der Waals surface area contributed by atoms with Crippen molar-refractivity contribution in [3.63, 3.8) is 0 Å². The third-order valence-corrected chi connectivity index (χ3v) is 2.84. The molecule has 3 nitrogen and oxygen atoms in total. The molecule has 2 aromatic rings. The molecule has 2 rings (SSSR count). The molecule has 0 atom stereocenters. The fourth-order valence-corrected chi connectivity index (χ4v) is 1.91. The van der Waals surface area contributed by atoms with E-state index in [1.807, 2.05) is 0 Å². The Kier molecular flexibility index (Phi) is 2.80. The van der Waals surface area contributed by atoms with Crippen LogP contribution in [-0.2, 0) is 5.60 Å². The van der Waals surface area contributed by atoms with Crippen LogP contribution in [0.2, 0.25) is 5.02 Å². The first-order chi connectivity index (χ1) is 7.80. The van der Waals surface area contributed by atoms with Gasteiger partial charge in [0.15, 0.2) is 0 Å². The van der Waals surface area contributed by atoms with Crippen molar-refractivity contribution in [1.29, 1.82) is 0 Å². The van der Waals surface area contributed by atoms with Crippen molar-refractivity contribution in [2.45, 2.75) is 19.4 Å². The standard InChI is InChI=1S/C12H12BClN2O/c1-12(2,17)11-10(15)9(13)7-5-6(14)3-4-8(7)16-11/h3-5,17H,15H2,1-2H3. The highest BCUT2D eigenvalue weighted by Gasteiger charge is 2.23. The highest BCUT2D eigenvalue weighted by atomic mass is 35.5. The fourth-order valence-electron chi connectivity index (χ4n) is 1.74. The number of nitrogens with two attached hydrogens (primary N) is 1. The summed E-state index contributed by atoms with van der Waals surface area (Å²) in [5.41, 5.74) is 6.50. The average Bonchev–Trinajstić information content (AvgIpc) is 2.22. The third kappa shape index (κ3) is 2.10. The number of rotatable bonds is 1. The molecule has 1 aromatic heterocycles. The van der Waals surface area contributed by atoms with Gasteiger partial charge in [-0.25, -0.2) is 4.98 Å². The summed E-state index contributed by atoms with van der Waals surface area (Å²) in [6.07, 6.45) is 0. The van der Waals surface area contributed by atoms with Crippen LogP contribution < -0.4 is 11.2 Å². The molecule has 1 aromatic carbocycles. The first-order valence-electron chi connectivity index (χ1n) is 5.18. The molecule has 0 spiro atoms. The van der Waals surface area contributed by atoms with Gasteiger partial charge in [0, 0.05) is 10.7 Å². The van der Waals surface area contributed by atoms with Crippen molar-refractivity contribution in [2.75, 3.05) is 5.73 Å². The van der Waals surface area contributed by atoms with Gasteiger partial charge in [0.05, 0.1) is 11.2 Å². The number of aliphatic hydroxyl groups is 1. The lowest BCUT2D eigenvalue weighted by Crippen LogP contribution is -2.25. The smallest absolute Gasteiger partial charge is 0.117 e. The Hall–Kier alpha value is -1.26. The zero-order valence-electron chi connectivity index (χ0n) is 9.66. The first-order valence-corrected chi connectivity index (χ1v) is 5.55. The van der Waals surface area contributed by atoms with Crippen LogP contribution in [0.1, 0.15) is 19.5 Å². The molecular weight excluding hydrogens is 234 g/mol. The maximum Gasteiger partial charge on any atom is 0.117 e. The molecule has 17 heavy (non-hydrogen) atoms. The van der Waals surface area contributed by atoms with E-state index in [1.54, 1.807) is 32.0 Å². The number of halogens is 1. The van der Waals surface area contributed by atoms with Gasteiger partial charge in [0.2, 0.25) is 0 Å². The van der Waals surface area contributed by atoms with Gasteiger partial charge in [-0.2, -0.15) is 0 Å². The van der Waals surface area contributed by atoms with E-state index in [-0.39, 0.29) is 0 Å². The molecule has 0 fully saturated rings. The summed E-state index contributed by atoms with van der Waals surface area (Å²) in [4.78, 5) is 4.33. The Balaban J connectivity index is 2.85. The van der Waals surface area contributed by atoms with Crippen molar-refractivity contribution in [3.05, 3.63) is 28.9 Å². The lowest BCUT2D eigenvalue weighted by atomic mass is 9.86. The topological polar surface area (TPSA) is 59.1 Å². The zero-order valence-corrected chi connectivity index (χ0v) is 10.4. The van der Waals surface area contributed by atoms with Gasteiger partial charge in [0.25, 0.3) is 0 Å². The van der Waals surface area contributed by atoms with E-state index in [9.17, 15) is 5.11 Å². The van der Waals surface area contributed by atoms with Gasteiger partial charge in [-0.15, -0.1) is 0 Å². The molecule has 3 N–H and O–H groups in total. The highest BCUT2D eigenvalue weighted by Crippen LogP contribution is 2.26. The predicted octanol–water partition coefficient (Wildman–Crippen LogP) is 1.49. The van der Waals surface area contributed by atoms with Gasteiger partial charge < -0.3 is 10.8 Å². The predicted molar refractivity (Wildman–Crippen MR) is 71.8 cm³/mol. The SMILES string of the molecule is [B]c1c(N)c(C(C)(C)O)nc2ccc(Cl)cc12. The molecule has 0 aliphatic carbocycles. The second-order valence-corrected chi connectivity index (χ2v) is 4.94. The molecule has 0 aliphatic rings. The fraction of sp³-hybridized carbons (Fsp3) is 0.250. The number of anilines is 1. The maximum absolute atomic E-state index is 9.98. The zero-order chi connectivity index (χ0) is 12.8. The Labute approximate surface area is 106 Å². The number of aromatic nitrogens is 1. The Morgan fingerprint density at radius 2 is 2.06 bits per heavy atom. The second kappa shape index (κ2) is 3.89. The van der Waals surface area contributed by atoms with E-state index >= 15 is 0 Å². The van der Waals surface area contributed by atoms with E-state index < -0.39 is 5.60 Å². The third-order valence-electron chi connectivity index (χ3n) is 2.61. The summed E-state index contributed by atoms with van der Waals surface area (Å²) in [5, 5.41) is 11.3. The Morgan fingerprint density at radius 3 is 2.65 bits per heavy atom. The van der Waals surface area contributed by atoms with E-state index in [0.717, 1.165) is 0 Å². The van der Waals surface area contributed by atoms with E-state index in [2.05, 4.69) is 4.98 Å². The summed E-state index contributed by atoms with van der Waals surface area (Å²) >= 11 is 5.90. The minimum atomic E-state index is -1.13. The van der Waals surface area contributed by atoms with E-state index in [1.165, 1.54) is 0 Å². The van der Waals surface area contributed by atoms with Crippen LogP contribution in [0, 0.1) is 0 Å². The quantitative estimate of drug-likeness (QED) is 0.750. The average molecular weight is 247 g/mol. The lowest BCUT2D eigenvalue weighted by Gasteiger charge is -2.21. The summed E-state index contributed by atoms with van der Waals surface area (Å²) in [5.74, 6) is 0. The Bertz CT molecular complexity index is 593. The van der Waals surface area contributed by atoms with Crippen molar-refractivity contribution in [1.82, 2.24) is 4.98 Å². The normalized spacial score (nSPS) is 12.0. The number of hydrogen-bond donors (Lipinski definition) is 2. The Morgan fingerprint density at radius 1 is 1.41 bits per heavy atom. The molecule has 0 amide bonds. The molecule has 0 saturated carbocycles. The van der Waals surface area contributed by atoms with E-state index in [4.69, 9.17) is 25.2 Å². The second-order valence-electron chi connectivity index (χ2n) is 4.51. The van der Waals surface area contributed by atoms with Crippen LogP contribution in [0.3, 0.4) is 0 Å². The molecular formula is C12H12BClN2O. The number of fused-ring (bicyclic) bond motifs is 1. The van der Waals surface area contributed by atoms with Gasteiger partial charge >= 0.3 is 0 Å². The van der Waals surface area contributed by atoms with E-state index in [0.29, 0.717) is 32.8 Å². The number of nitrogens with zero attached hydrogens (tertiary/aromatic N) is 1. The lowest BCUT2D eigenvalue weighted by molar-refractivity contribution is 0.0751. The number of hydrogen-bond acceptors (Lipinski definition) is 3. The van der Waals surface area contributed by atoms with Crippen LogP contribution >= 0.6 is 11.6 Å². The maximum atomic E-state index is 9.98. The van der Waals surface area contributed by atoms with Crippen molar-refractivity contribution >= 4 is 41.5 Å². The minimum Gasteiger partial charge on any atom is -0.398 e. The highest BCUT2D eigenvalue weighted by molar-refractivity contribution is 6.42. The molecule has 0 aliphatic heterocycles. The number of nitrogen functional groups attached to an aromatic ring is 1. The summed E-state index contributed by atoms with van der Waals surface area (Å²) in [6, 6.07) is 5.19. The molecule has 2 radical (unpaired) electrons. The summed E-state index contributed by atoms with van der Waals surface area (Å²) in [7, 11) is 5.95.